The van der Waals surface area contributed by atoms with E-state index in [1.165, 1.54) is 13.2 Å². The Morgan fingerprint density at radius 3 is 2.50 bits per heavy atom. The maximum absolute atomic E-state index is 10.2. The van der Waals surface area contributed by atoms with E-state index < -0.39 is 12.0 Å². The van der Waals surface area contributed by atoms with Gasteiger partial charge in [-0.05, 0) is 0 Å². The molecule has 0 aromatic heterocycles. The molecule has 0 saturated heterocycles. The van der Waals surface area contributed by atoms with Gasteiger partial charge in [0.2, 0.25) is 0 Å². The van der Waals surface area contributed by atoms with Crippen molar-refractivity contribution in [3.8, 4) is 0 Å². The Morgan fingerprint density at radius 2 is 2.50 bits per heavy atom. The number of primary amides is 1. The van der Waals surface area contributed by atoms with E-state index in [1.54, 1.807) is 0 Å². The quantitative estimate of drug-likeness (QED) is 0.512. The van der Waals surface area contributed by atoms with Gasteiger partial charge < -0.3 is 10.5 Å². The number of carbonyl (C=O) groups is 1. The third kappa shape index (κ3) is 1.75. The molecule has 0 aliphatic carbocycles. The maximum Gasteiger partial charge on any atom is 0.250 e. The molecule has 0 aromatic carbocycles. The van der Waals surface area contributed by atoms with E-state index >= 15 is 0 Å². The summed E-state index contributed by atoms with van der Waals surface area (Å²) in [6.45, 7) is 3.33. The van der Waals surface area contributed by atoms with Gasteiger partial charge in [0.1, 0.15) is 0 Å². The third-order valence-corrected chi connectivity index (χ3v) is 0.748. The number of amides is 1. The maximum atomic E-state index is 10.2. The van der Waals surface area contributed by atoms with Crippen LogP contribution in [0.25, 0.3) is 0 Å². The Bertz CT molecular complexity index is 101. The summed E-state index contributed by atoms with van der Waals surface area (Å²) in [4.78, 5) is 10.2. The largest absolute Gasteiger partial charge is 0.368 e. The topological polar surface area (TPSA) is 52.3 Å². The normalized spacial score (nSPS) is 12.6. The van der Waals surface area contributed by atoms with Crippen LogP contribution >= 0.6 is 0 Å². The number of hydrogen-bond acceptors (Lipinski definition) is 2. The molecule has 0 aliphatic heterocycles. The monoisotopic (exact) mass is 115 g/mol. The molecule has 0 spiro atoms. The van der Waals surface area contributed by atoms with Crippen molar-refractivity contribution in [1.29, 1.82) is 0 Å². The summed E-state index contributed by atoms with van der Waals surface area (Å²) in [7, 11) is 1.40. The van der Waals surface area contributed by atoms with Gasteiger partial charge in [0, 0.05) is 7.11 Å². The Balaban J connectivity index is 3.69. The van der Waals surface area contributed by atoms with E-state index in [2.05, 4.69) is 11.3 Å². The average molecular weight is 115 g/mol. The van der Waals surface area contributed by atoms with E-state index in [0.29, 0.717) is 0 Å². The lowest BCUT2D eigenvalue weighted by Gasteiger charge is -2.02. The van der Waals surface area contributed by atoms with Gasteiger partial charge in [-0.2, -0.15) is 0 Å². The fourth-order valence-electron chi connectivity index (χ4n) is 0.329. The van der Waals surface area contributed by atoms with E-state index in [9.17, 15) is 4.79 Å². The zero-order valence-electron chi connectivity index (χ0n) is 4.76. The summed E-state index contributed by atoms with van der Waals surface area (Å²) < 4.78 is 4.57. The minimum absolute atomic E-state index is 0.512. The SMILES string of the molecule is C=CC(OC)C(N)=O. The van der Waals surface area contributed by atoms with E-state index in [0.717, 1.165) is 0 Å². The fraction of sp³-hybridized carbons (Fsp3) is 0.400. The molecule has 3 nitrogen and oxygen atoms in total. The van der Waals surface area contributed by atoms with Gasteiger partial charge in [-0.3, -0.25) is 4.79 Å². The van der Waals surface area contributed by atoms with Crippen molar-refractivity contribution >= 4 is 5.91 Å². The molecule has 0 fully saturated rings. The molecule has 0 saturated carbocycles. The Kier molecular flexibility index (Phi) is 2.88. The van der Waals surface area contributed by atoms with Crippen molar-refractivity contribution in [2.45, 2.75) is 6.10 Å². The van der Waals surface area contributed by atoms with Crippen molar-refractivity contribution in [3.05, 3.63) is 12.7 Å². The average Bonchev–Trinajstić information content (AvgIpc) is 1.69. The number of carbonyl (C=O) groups excluding carboxylic acids is 1. The first-order valence-electron chi connectivity index (χ1n) is 2.17. The molecule has 0 radical (unpaired) electrons. The van der Waals surface area contributed by atoms with Gasteiger partial charge in [-0.1, -0.05) is 12.7 Å². The molecule has 0 aromatic rings. The number of methoxy groups -OCH3 is 1. The van der Waals surface area contributed by atoms with Gasteiger partial charge >= 0.3 is 0 Å². The van der Waals surface area contributed by atoms with Crippen LogP contribution in [-0.4, -0.2) is 19.1 Å². The summed E-state index contributed by atoms with van der Waals surface area (Å²) in [5, 5.41) is 0. The molecule has 1 unspecified atom stereocenters. The van der Waals surface area contributed by atoms with E-state index in [-0.39, 0.29) is 0 Å². The fourth-order valence-corrected chi connectivity index (χ4v) is 0.329. The second kappa shape index (κ2) is 3.21. The summed E-state index contributed by atoms with van der Waals surface area (Å²) in [5.74, 6) is -0.512. The smallest absolute Gasteiger partial charge is 0.250 e. The first-order valence-corrected chi connectivity index (χ1v) is 2.17. The molecule has 0 aliphatic rings. The van der Waals surface area contributed by atoms with Crippen LogP contribution in [0.3, 0.4) is 0 Å². The predicted octanol–water partition coefficient (Wildman–Crippen LogP) is -0.327. The zero-order chi connectivity index (χ0) is 6.57. The van der Waals surface area contributed by atoms with Gasteiger partial charge in [0.15, 0.2) is 6.10 Å². The minimum atomic E-state index is -0.644. The van der Waals surface area contributed by atoms with Crippen LogP contribution in [0.15, 0.2) is 12.7 Å². The highest BCUT2D eigenvalue weighted by molar-refractivity contribution is 5.80. The van der Waals surface area contributed by atoms with Crippen LogP contribution in [0.1, 0.15) is 0 Å². The number of rotatable bonds is 3. The van der Waals surface area contributed by atoms with Crippen LogP contribution in [0.2, 0.25) is 0 Å². The third-order valence-electron chi connectivity index (χ3n) is 0.748. The molecule has 8 heavy (non-hydrogen) atoms. The predicted molar refractivity (Wildman–Crippen MR) is 30.2 cm³/mol. The van der Waals surface area contributed by atoms with Crippen molar-refractivity contribution in [3.63, 3.8) is 0 Å². The van der Waals surface area contributed by atoms with Gasteiger partial charge in [-0.15, -0.1) is 0 Å². The molecule has 0 rings (SSSR count). The highest BCUT2D eigenvalue weighted by atomic mass is 16.5. The highest BCUT2D eigenvalue weighted by Crippen LogP contribution is 1.86. The first-order chi connectivity index (χ1) is 3.72. The van der Waals surface area contributed by atoms with Gasteiger partial charge in [-0.25, -0.2) is 0 Å². The minimum Gasteiger partial charge on any atom is -0.368 e. The van der Waals surface area contributed by atoms with Gasteiger partial charge in [0.05, 0.1) is 0 Å². The standard InChI is InChI=1S/C5H9NO2/c1-3-4(8-2)5(6)7/h3-4H,1H2,2H3,(H2,6,7). The lowest BCUT2D eigenvalue weighted by atomic mass is 10.3. The summed E-state index contributed by atoms with van der Waals surface area (Å²) >= 11 is 0. The van der Waals surface area contributed by atoms with Crippen molar-refractivity contribution in [1.82, 2.24) is 0 Å². The van der Waals surface area contributed by atoms with Crippen LogP contribution in [0.4, 0.5) is 0 Å². The summed E-state index contributed by atoms with van der Waals surface area (Å²) in [6, 6.07) is 0. The Morgan fingerprint density at radius 1 is 2.00 bits per heavy atom. The second-order valence-electron chi connectivity index (χ2n) is 1.29. The molecule has 3 heteroatoms. The lowest BCUT2D eigenvalue weighted by Crippen LogP contribution is -2.27. The molecular formula is C5H9NO2. The summed E-state index contributed by atoms with van der Waals surface area (Å²) in [5.41, 5.74) is 4.82. The molecular weight excluding hydrogens is 106 g/mol. The molecule has 0 heterocycles. The Labute approximate surface area is 48.1 Å². The summed E-state index contributed by atoms with van der Waals surface area (Å²) in [6.07, 6.45) is 0.706. The lowest BCUT2D eigenvalue weighted by molar-refractivity contribution is -0.125. The number of nitrogens with two attached hydrogens (primary N) is 1. The molecule has 0 bridgehead atoms. The number of hydrogen-bond donors (Lipinski definition) is 1. The zero-order valence-corrected chi connectivity index (χ0v) is 4.76. The molecule has 1 atom stereocenters. The van der Waals surface area contributed by atoms with Crippen LogP contribution in [0.5, 0.6) is 0 Å². The van der Waals surface area contributed by atoms with E-state index in [1.807, 2.05) is 0 Å². The number of ether oxygens (including phenoxy) is 1. The van der Waals surface area contributed by atoms with Crippen molar-refractivity contribution < 1.29 is 9.53 Å². The van der Waals surface area contributed by atoms with Gasteiger partial charge in [0.25, 0.3) is 5.91 Å². The van der Waals surface area contributed by atoms with Crippen molar-refractivity contribution in [2.24, 2.45) is 5.73 Å². The molecule has 46 valence electrons. The molecule has 1 amide bonds. The highest BCUT2D eigenvalue weighted by Gasteiger charge is 2.06. The Hall–Kier alpha value is -0.830. The molecule has 2 N–H and O–H groups in total. The van der Waals surface area contributed by atoms with Crippen LogP contribution < -0.4 is 5.73 Å². The van der Waals surface area contributed by atoms with Crippen LogP contribution in [0, 0.1) is 0 Å². The second-order valence-corrected chi connectivity index (χ2v) is 1.29. The van der Waals surface area contributed by atoms with Crippen molar-refractivity contribution in [2.75, 3.05) is 7.11 Å². The van der Waals surface area contributed by atoms with Crippen LogP contribution in [-0.2, 0) is 9.53 Å². The van der Waals surface area contributed by atoms with E-state index in [4.69, 9.17) is 5.73 Å². The first kappa shape index (κ1) is 7.17.